The maximum absolute atomic E-state index is 6.32. The Hall–Kier alpha value is -0.510. The molecule has 1 nitrogen and oxygen atoms in total. The van der Waals surface area contributed by atoms with E-state index in [9.17, 15) is 0 Å². The first-order chi connectivity index (χ1) is 10.1. The Morgan fingerprint density at radius 2 is 1.95 bits per heavy atom. The van der Waals surface area contributed by atoms with Gasteiger partial charge in [0.2, 0.25) is 0 Å². The van der Waals surface area contributed by atoms with Crippen LogP contribution < -0.4 is 4.74 Å². The third kappa shape index (κ3) is 5.01. The molecule has 2 aromatic rings. The molecule has 0 saturated carbocycles. The predicted molar refractivity (Wildman–Crippen MR) is 96.8 cm³/mol. The lowest BCUT2D eigenvalue weighted by atomic mass is 9.94. The standard InChI is InChI=1S/C17H17Br2ClO/c1-21-16-4-2-3-12(9-16)7-13(11-18)8-14-5-6-15(19)10-17(14)20/h2-6,9-10,13H,7-8,11H2,1H3. The van der Waals surface area contributed by atoms with Crippen molar-refractivity contribution in [1.29, 1.82) is 0 Å². The molecule has 0 spiro atoms. The highest BCUT2D eigenvalue weighted by Gasteiger charge is 2.12. The van der Waals surface area contributed by atoms with Crippen LogP contribution in [0.4, 0.5) is 0 Å². The summed E-state index contributed by atoms with van der Waals surface area (Å²) in [6.07, 6.45) is 1.95. The molecule has 0 radical (unpaired) electrons. The quantitative estimate of drug-likeness (QED) is 0.516. The molecular weight excluding hydrogens is 415 g/mol. The summed E-state index contributed by atoms with van der Waals surface area (Å²) in [5, 5.41) is 1.76. The van der Waals surface area contributed by atoms with Crippen LogP contribution in [0.2, 0.25) is 5.02 Å². The molecule has 0 heterocycles. The Morgan fingerprint density at radius 3 is 2.62 bits per heavy atom. The third-order valence-electron chi connectivity index (χ3n) is 3.40. The number of benzene rings is 2. The SMILES string of the molecule is COc1cccc(CC(CBr)Cc2ccc(Br)cc2Cl)c1. The molecule has 0 aromatic heterocycles. The van der Waals surface area contributed by atoms with Crippen LogP contribution in [-0.4, -0.2) is 12.4 Å². The van der Waals surface area contributed by atoms with Crippen molar-refractivity contribution < 1.29 is 4.74 Å². The molecule has 21 heavy (non-hydrogen) atoms. The lowest BCUT2D eigenvalue weighted by Crippen LogP contribution is -2.10. The Labute approximate surface area is 147 Å². The fourth-order valence-electron chi connectivity index (χ4n) is 2.31. The topological polar surface area (TPSA) is 9.23 Å². The molecule has 112 valence electrons. The first kappa shape index (κ1) is 16.9. The molecule has 0 fully saturated rings. The van der Waals surface area contributed by atoms with Crippen molar-refractivity contribution in [3.05, 3.63) is 63.1 Å². The smallest absolute Gasteiger partial charge is 0.119 e. The van der Waals surface area contributed by atoms with Gasteiger partial charge in [-0.05, 0) is 54.2 Å². The van der Waals surface area contributed by atoms with E-state index < -0.39 is 0 Å². The van der Waals surface area contributed by atoms with Crippen molar-refractivity contribution in [2.24, 2.45) is 5.92 Å². The minimum absolute atomic E-state index is 0.496. The summed E-state index contributed by atoms with van der Waals surface area (Å²) in [6.45, 7) is 0. The summed E-state index contributed by atoms with van der Waals surface area (Å²) in [6, 6.07) is 14.3. The minimum atomic E-state index is 0.496. The number of alkyl halides is 1. The number of hydrogen-bond donors (Lipinski definition) is 0. The van der Waals surface area contributed by atoms with Gasteiger partial charge in [0.25, 0.3) is 0 Å². The second-order valence-electron chi connectivity index (χ2n) is 5.02. The number of hydrogen-bond acceptors (Lipinski definition) is 1. The van der Waals surface area contributed by atoms with Gasteiger partial charge in [-0.15, -0.1) is 0 Å². The van der Waals surface area contributed by atoms with Crippen LogP contribution in [0, 0.1) is 5.92 Å². The monoisotopic (exact) mass is 430 g/mol. The molecule has 0 aliphatic carbocycles. The molecule has 0 N–H and O–H groups in total. The summed E-state index contributed by atoms with van der Waals surface area (Å²) in [4.78, 5) is 0. The van der Waals surface area contributed by atoms with E-state index in [1.54, 1.807) is 7.11 Å². The van der Waals surface area contributed by atoms with Gasteiger partial charge in [-0.3, -0.25) is 0 Å². The predicted octanol–water partition coefficient (Wildman–Crippen LogP) is 5.91. The number of methoxy groups -OCH3 is 1. The lowest BCUT2D eigenvalue weighted by Gasteiger charge is -2.16. The van der Waals surface area contributed by atoms with Gasteiger partial charge in [0, 0.05) is 14.8 Å². The molecule has 0 aliphatic heterocycles. The Balaban J connectivity index is 2.09. The molecule has 1 unspecified atom stereocenters. The van der Waals surface area contributed by atoms with E-state index in [4.69, 9.17) is 16.3 Å². The van der Waals surface area contributed by atoms with Crippen LogP contribution in [-0.2, 0) is 12.8 Å². The van der Waals surface area contributed by atoms with Crippen molar-refractivity contribution in [2.45, 2.75) is 12.8 Å². The summed E-state index contributed by atoms with van der Waals surface area (Å²) in [5.74, 6) is 1.40. The average molecular weight is 433 g/mol. The van der Waals surface area contributed by atoms with Gasteiger partial charge in [-0.1, -0.05) is 61.7 Å². The van der Waals surface area contributed by atoms with Crippen molar-refractivity contribution >= 4 is 43.5 Å². The highest BCUT2D eigenvalue weighted by atomic mass is 79.9. The maximum atomic E-state index is 6.32. The van der Waals surface area contributed by atoms with Crippen molar-refractivity contribution in [1.82, 2.24) is 0 Å². The first-order valence-corrected chi connectivity index (χ1v) is 9.04. The summed E-state index contributed by atoms with van der Waals surface area (Å²) >= 11 is 13.4. The zero-order chi connectivity index (χ0) is 15.2. The third-order valence-corrected chi connectivity index (χ3v) is 5.16. The average Bonchev–Trinajstić information content (AvgIpc) is 2.49. The van der Waals surface area contributed by atoms with Crippen molar-refractivity contribution in [2.75, 3.05) is 12.4 Å². The molecule has 0 aliphatic rings. The molecule has 0 amide bonds. The molecule has 2 rings (SSSR count). The van der Waals surface area contributed by atoms with Gasteiger partial charge in [-0.2, -0.15) is 0 Å². The Kier molecular flexibility index (Phi) is 6.59. The van der Waals surface area contributed by atoms with E-state index in [-0.39, 0.29) is 0 Å². The number of rotatable bonds is 6. The van der Waals surface area contributed by atoms with E-state index in [2.05, 4.69) is 50.1 Å². The molecule has 2 aromatic carbocycles. The highest BCUT2D eigenvalue weighted by molar-refractivity contribution is 9.10. The molecular formula is C17H17Br2ClO. The number of ether oxygens (including phenoxy) is 1. The van der Waals surface area contributed by atoms with Gasteiger partial charge >= 0.3 is 0 Å². The van der Waals surface area contributed by atoms with E-state index in [0.717, 1.165) is 33.4 Å². The fraction of sp³-hybridized carbons (Fsp3) is 0.294. The van der Waals surface area contributed by atoms with Gasteiger partial charge < -0.3 is 4.74 Å². The van der Waals surface area contributed by atoms with E-state index in [1.165, 1.54) is 11.1 Å². The maximum Gasteiger partial charge on any atom is 0.119 e. The Morgan fingerprint density at radius 1 is 1.14 bits per heavy atom. The van der Waals surface area contributed by atoms with Gasteiger partial charge in [0.05, 0.1) is 7.11 Å². The molecule has 0 bridgehead atoms. The van der Waals surface area contributed by atoms with E-state index >= 15 is 0 Å². The highest BCUT2D eigenvalue weighted by Crippen LogP contribution is 2.26. The van der Waals surface area contributed by atoms with Crippen LogP contribution >= 0.6 is 43.5 Å². The summed E-state index contributed by atoms with van der Waals surface area (Å²) in [7, 11) is 1.70. The molecule has 0 saturated heterocycles. The largest absolute Gasteiger partial charge is 0.497 e. The van der Waals surface area contributed by atoms with Crippen molar-refractivity contribution in [3.63, 3.8) is 0 Å². The van der Waals surface area contributed by atoms with Gasteiger partial charge in [0.15, 0.2) is 0 Å². The van der Waals surface area contributed by atoms with Gasteiger partial charge in [-0.25, -0.2) is 0 Å². The van der Waals surface area contributed by atoms with Crippen LogP contribution in [0.3, 0.4) is 0 Å². The molecule has 1 atom stereocenters. The normalized spacial score (nSPS) is 12.2. The van der Waals surface area contributed by atoms with Crippen LogP contribution in [0.15, 0.2) is 46.9 Å². The zero-order valence-electron chi connectivity index (χ0n) is 11.8. The number of halogens is 3. The summed E-state index contributed by atoms with van der Waals surface area (Å²) in [5.41, 5.74) is 2.47. The second-order valence-corrected chi connectivity index (χ2v) is 6.99. The van der Waals surface area contributed by atoms with Gasteiger partial charge in [0.1, 0.15) is 5.75 Å². The van der Waals surface area contributed by atoms with E-state index in [0.29, 0.717) is 5.92 Å². The zero-order valence-corrected chi connectivity index (χ0v) is 15.7. The lowest BCUT2D eigenvalue weighted by molar-refractivity contribution is 0.414. The fourth-order valence-corrected chi connectivity index (χ4v) is 3.52. The first-order valence-electron chi connectivity index (χ1n) is 6.75. The minimum Gasteiger partial charge on any atom is -0.497 e. The van der Waals surface area contributed by atoms with Crippen LogP contribution in [0.25, 0.3) is 0 Å². The summed E-state index contributed by atoms with van der Waals surface area (Å²) < 4.78 is 6.30. The van der Waals surface area contributed by atoms with Crippen LogP contribution in [0.5, 0.6) is 5.75 Å². The molecule has 4 heteroatoms. The van der Waals surface area contributed by atoms with E-state index in [1.807, 2.05) is 24.3 Å². The van der Waals surface area contributed by atoms with Crippen molar-refractivity contribution in [3.8, 4) is 5.75 Å². The Bertz CT molecular complexity index is 601. The van der Waals surface area contributed by atoms with Crippen LogP contribution in [0.1, 0.15) is 11.1 Å². The second kappa shape index (κ2) is 8.21.